The van der Waals surface area contributed by atoms with E-state index in [0.717, 1.165) is 0 Å². The maximum absolute atomic E-state index is 11.1. The minimum atomic E-state index is -0.844. The van der Waals surface area contributed by atoms with E-state index in [2.05, 4.69) is 0 Å². The lowest BCUT2D eigenvalue weighted by molar-refractivity contribution is -0.139. The van der Waals surface area contributed by atoms with Crippen LogP contribution >= 0.6 is 47.2 Å². The normalized spacial score (nSPS) is 22.5. The molecule has 0 spiro atoms. The van der Waals surface area contributed by atoms with Gasteiger partial charge in [-0.25, -0.2) is 0 Å². The highest BCUT2D eigenvalue weighted by Gasteiger charge is 2.32. The van der Waals surface area contributed by atoms with Crippen LogP contribution in [0.25, 0.3) is 0 Å². The Kier molecular flexibility index (Phi) is 4.96. The van der Waals surface area contributed by atoms with Crippen molar-refractivity contribution >= 4 is 53.2 Å². The number of aliphatic carboxylic acids is 1. The zero-order chi connectivity index (χ0) is 11.9. The first-order valence-electron chi connectivity index (χ1n) is 4.87. The van der Waals surface area contributed by atoms with Crippen LogP contribution < -0.4 is 0 Å². The fourth-order valence-electron chi connectivity index (χ4n) is 2.07. The molecule has 1 aliphatic rings. The van der Waals surface area contributed by atoms with E-state index in [1.165, 1.54) is 0 Å². The molecule has 0 saturated carbocycles. The summed E-state index contributed by atoms with van der Waals surface area (Å²) < 4.78 is 0. The molecule has 2 rings (SSSR count). The molecule has 0 heterocycles. The van der Waals surface area contributed by atoms with Crippen LogP contribution in [0.4, 0.5) is 0 Å². The summed E-state index contributed by atoms with van der Waals surface area (Å²) in [4.78, 5) is 11.1. The summed E-state index contributed by atoms with van der Waals surface area (Å²) in [6.45, 7) is 0. The van der Waals surface area contributed by atoms with Crippen molar-refractivity contribution in [1.82, 2.24) is 0 Å². The van der Waals surface area contributed by atoms with Gasteiger partial charge < -0.3 is 5.11 Å². The van der Waals surface area contributed by atoms with Crippen molar-refractivity contribution in [1.29, 1.82) is 0 Å². The Bertz CT molecular complexity index is 447. The molecule has 17 heavy (non-hydrogen) atoms. The quantitative estimate of drug-likeness (QED) is 0.765. The molecule has 0 radical (unpaired) electrons. The van der Waals surface area contributed by atoms with E-state index in [1.54, 1.807) is 12.1 Å². The molecule has 1 aromatic carbocycles. The van der Waals surface area contributed by atoms with Crippen LogP contribution in [0.2, 0.25) is 10.0 Å². The van der Waals surface area contributed by atoms with Gasteiger partial charge in [0, 0.05) is 0 Å². The lowest BCUT2D eigenvalue weighted by Crippen LogP contribution is -2.19. The van der Waals surface area contributed by atoms with Crippen LogP contribution in [0, 0.1) is 0 Å². The number of carboxylic acids is 1. The smallest absolute Gasteiger partial charge is 0.310 e. The Hall–Kier alpha value is -0.150. The van der Waals surface area contributed by atoms with Gasteiger partial charge in [-0.1, -0.05) is 29.3 Å². The van der Waals surface area contributed by atoms with E-state index in [-0.39, 0.29) is 17.8 Å². The Labute approximate surface area is 120 Å². The Balaban J connectivity index is 0.00000144. The van der Waals surface area contributed by atoms with E-state index in [1.807, 2.05) is 0 Å². The molecule has 2 nitrogen and oxygen atoms in total. The number of carboxylic acid groups (broad SMARTS) is 1. The van der Waals surface area contributed by atoms with Crippen molar-refractivity contribution in [2.24, 2.45) is 0 Å². The molecule has 2 atom stereocenters. The van der Waals surface area contributed by atoms with E-state index >= 15 is 0 Å². The maximum Gasteiger partial charge on any atom is 0.310 e. The molecule has 0 fully saturated rings. The van der Waals surface area contributed by atoms with Crippen molar-refractivity contribution in [3.8, 4) is 0 Å². The summed E-state index contributed by atoms with van der Waals surface area (Å²) in [6.07, 6.45) is 1.14. The number of rotatable bonds is 1. The maximum atomic E-state index is 11.1. The molecule has 94 valence electrons. The molecular weight excluding hydrogens is 306 g/mol. The van der Waals surface area contributed by atoms with Gasteiger partial charge in [-0.2, -0.15) is 0 Å². The van der Waals surface area contributed by atoms with Crippen molar-refractivity contribution in [3.05, 3.63) is 33.3 Å². The lowest BCUT2D eigenvalue weighted by Gasteiger charge is -2.27. The van der Waals surface area contributed by atoms with E-state index in [9.17, 15) is 4.79 Å². The van der Waals surface area contributed by atoms with Gasteiger partial charge in [0.1, 0.15) is 0 Å². The summed E-state index contributed by atoms with van der Waals surface area (Å²) in [5.41, 5.74) is 1.36. The van der Waals surface area contributed by atoms with Crippen molar-refractivity contribution in [3.63, 3.8) is 0 Å². The fraction of sp³-hybridized carbons (Fsp3) is 0.364. The largest absolute Gasteiger partial charge is 0.481 e. The highest BCUT2D eigenvalue weighted by atomic mass is 35.5. The summed E-state index contributed by atoms with van der Waals surface area (Å²) in [5, 5.41) is 9.65. The Morgan fingerprint density at radius 1 is 1.29 bits per heavy atom. The molecule has 0 amide bonds. The Morgan fingerprint density at radius 2 is 1.94 bits per heavy atom. The second kappa shape index (κ2) is 5.66. The van der Waals surface area contributed by atoms with Crippen LogP contribution in [0.3, 0.4) is 0 Å². The molecule has 0 bridgehead atoms. The highest BCUT2D eigenvalue weighted by Crippen LogP contribution is 2.46. The molecule has 6 heteroatoms. The Morgan fingerprint density at radius 3 is 2.53 bits per heavy atom. The van der Waals surface area contributed by atoms with Crippen LogP contribution in [0.5, 0.6) is 0 Å². The first-order chi connectivity index (χ1) is 7.52. The minimum absolute atomic E-state index is 0. The predicted octanol–water partition coefficient (Wildman–Crippen LogP) is 4.66. The standard InChI is InChI=1S/C11H9Cl3O2.ClH/c12-7-3-2-6(11(15)16)5-1-4-8(13)10(14)9(5)7;/h1,4,6-7H,2-3H2,(H,15,16);1H. The molecule has 0 aliphatic heterocycles. The molecule has 1 aromatic rings. The number of alkyl halides is 1. The van der Waals surface area contributed by atoms with Crippen LogP contribution in [0.15, 0.2) is 12.1 Å². The second-order valence-corrected chi connectivity index (χ2v) is 5.11. The number of hydrogen-bond acceptors (Lipinski definition) is 1. The van der Waals surface area contributed by atoms with Gasteiger partial charge in [-0.15, -0.1) is 24.0 Å². The summed E-state index contributed by atoms with van der Waals surface area (Å²) in [5.74, 6) is -1.37. The van der Waals surface area contributed by atoms with Gasteiger partial charge in [0.05, 0.1) is 21.3 Å². The average Bonchev–Trinajstić information content (AvgIpc) is 2.23. The molecule has 0 aromatic heterocycles. The van der Waals surface area contributed by atoms with Crippen molar-refractivity contribution < 1.29 is 9.90 Å². The van der Waals surface area contributed by atoms with E-state index in [4.69, 9.17) is 39.9 Å². The minimum Gasteiger partial charge on any atom is -0.481 e. The number of fused-ring (bicyclic) bond motifs is 1. The SMILES string of the molecule is Cl.O=C(O)C1CCC(Cl)c2c1ccc(Cl)c2Cl. The van der Waals surface area contributed by atoms with Crippen LogP contribution in [-0.2, 0) is 4.79 Å². The second-order valence-electron chi connectivity index (χ2n) is 3.80. The van der Waals surface area contributed by atoms with Gasteiger partial charge in [0.15, 0.2) is 0 Å². The third kappa shape index (κ3) is 2.65. The lowest BCUT2D eigenvalue weighted by atomic mass is 9.82. The van der Waals surface area contributed by atoms with Gasteiger partial charge in [-0.05, 0) is 30.0 Å². The zero-order valence-corrected chi connectivity index (χ0v) is 11.7. The summed E-state index contributed by atoms with van der Waals surface area (Å²) in [7, 11) is 0. The summed E-state index contributed by atoms with van der Waals surface area (Å²) >= 11 is 18.1. The highest BCUT2D eigenvalue weighted by molar-refractivity contribution is 6.43. The van der Waals surface area contributed by atoms with Gasteiger partial charge in [-0.3, -0.25) is 4.79 Å². The van der Waals surface area contributed by atoms with Gasteiger partial charge >= 0.3 is 5.97 Å². The number of halogens is 4. The third-order valence-electron chi connectivity index (χ3n) is 2.86. The van der Waals surface area contributed by atoms with Crippen LogP contribution in [0.1, 0.15) is 35.3 Å². The van der Waals surface area contributed by atoms with Crippen molar-refractivity contribution in [2.45, 2.75) is 24.1 Å². The summed E-state index contributed by atoms with van der Waals surface area (Å²) in [6, 6.07) is 3.32. The van der Waals surface area contributed by atoms with E-state index in [0.29, 0.717) is 34.0 Å². The number of carbonyl (C=O) groups is 1. The molecule has 2 unspecified atom stereocenters. The van der Waals surface area contributed by atoms with Crippen LogP contribution in [-0.4, -0.2) is 11.1 Å². The molecular formula is C11H10Cl4O2. The molecule has 1 aliphatic carbocycles. The number of benzene rings is 1. The third-order valence-corrected chi connectivity index (χ3v) is 4.12. The first kappa shape index (κ1) is 14.9. The zero-order valence-electron chi connectivity index (χ0n) is 8.62. The average molecular weight is 316 g/mol. The fourth-order valence-corrected chi connectivity index (χ4v) is 2.96. The first-order valence-corrected chi connectivity index (χ1v) is 6.06. The van der Waals surface area contributed by atoms with Gasteiger partial charge in [0.25, 0.3) is 0 Å². The van der Waals surface area contributed by atoms with Crippen molar-refractivity contribution in [2.75, 3.05) is 0 Å². The van der Waals surface area contributed by atoms with Gasteiger partial charge in [0.2, 0.25) is 0 Å². The number of hydrogen-bond donors (Lipinski definition) is 1. The van der Waals surface area contributed by atoms with E-state index < -0.39 is 11.9 Å². The topological polar surface area (TPSA) is 37.3 Å². The predicted molar refractivity (Wildman–Crippen MR) is 71.9 cm³/mol. The monoisotopic (exact) mass is 314 g/mol. The molecule has 0 saturated heterocycles. The molecule has 1 N–H and O–H groups in total.